The summed E-state index contributed by atoms with van der Waals surface area (Å²) in [6, 6.07) is -2.03. The Bertz CT molecular complexity index is 235. The minimum absolute atomic E-state index is 0.416. The van der Waals surface area contributed by atoms with Crippen molar-refractivity contribution in [3.8, 4) is 0 Å². The van der Waals surface area contributed by atoms with Crippen molar-refractivity contribution in [3.05, 3.63) is 34.2 Å². The summed E-state index contributed by atoms with van der Waals surface area (Å²) in [7, 11) is 0. The summed E-state index contributed by atoms with van der Waals surface area (Å²) in [5.74, 6) is -2.69. The number of hydrogen-bond acceptors (Lipinski definition) is 0. The summed E-state index contributed by atoms with van der Waals surface area (Å²) in [6.07, 6.45) is 0. The van der Waals surface area contributed by atoms with Gasteiger partial charge in [0.25, 0.3) is 0 Å². The fraction of sp³-hybridized carbons (Fsp3) is 0. The highest BCUT2D eigenvalue weighted by molar-refractivity contribution is 9.10. The molecule has 0 saturated heterocycles. The zero-order chi connectivity index (χ0) is 9.46. The van der Waals surface area contributed by atoms with Gasteiger partial charge < -0.3 is 0 Å². The fourth-order valence-corrected chi connectivity index (χ4v) is 0.620. The zero-order valence-electron chi connectivity index (χ0n) is 7.13. The van der Waals surface area contributed by atoms with E-state index in [4.69, 9.17) is 4.11 Å². The van der Waals surface area contributed by atoms with Gasteiger partial charge in [0.1, 0.15) is 0 Å². The molecule has 0 amide bonds. The second-order valence-electron chi connectivity index (χ2n) is 1.32. The van der Waals surface area contributed by atoms with Crippen LogP contribution in [0.15, 0.2) is 22.6 Å². The van der Waals surface area contributed by atoms with E-state index in [1.54, 1.807) is 0 Å². The SMILES string of the molecule is [2H]c1c([2H])c(F)c(F)c(Br)c1[2H]. The zero-order valence-corrected chi connectivity index (χ0v) is 5.72. The van der Waals surface area contributed by atoms with Crippen molar-refractivity contribution in [1.29, 1.82) is 0 Å². The van der Waals surface area contributed by atoms with Crippen LogP contribution in [0.25, 0.3) is 0 Å². The highest BCUT2D eigenvalue weighted by Crippen LogP contribution is 2.16. The van der Waals surface area contributed by atoms with Gasteiger partial charge >= 0.3 is 0 Å². The maximum atomic E-state index is 12.7. The molecule has 0 aromatic heterocycles. The van der Waals surface area contributed by atoms with Gasteiger partial charge in [0.05, 0.1) is 8.58 Å². The van der Waals surface area contributed by atoms with Crippen molar-refractivity contribution >= 4 is 15.9 Å². The van der Waals surface area contributed by atoms with Crippen molar-refractivity contribution in [3.63, 3.8) is 0 Å². The van der Waals surface area contributed by atoms with E-state index in [1.807, 2.05) is 0 Å². The van der Waals surface area contributed by atoms with Crippen molar-refractivity contribution in [1.82, 2.24) is 0 Å². The Hall–Kier alpha value is -0.440. The van der Waals surface area contributed by atoms with Crippen LogP contribution in [0.4, 0.5) is 8.78 Å². The lowest BCUT2D eigenvalue weighted by atomic mass is 10.3. The standard InChI is InChI=1S/C6H3BrF2/c7-4-2-1-3-5(8)6(4)9/h1-3H/i1D,2D,3D. The summed E-state index contributed by atoms with van der Waals surface area (Å²) >= 11 is 2.61. The number of benzene rings is 1. The third kappa shape index (κ3) is 1.27. The Morgan fingerprint density at radius 3 is 2.78 bits per heavy atom. The van der Waals surface area contributed by atoms with Crippen LogP contribution in [-0.4, -0.2) is 0 Å². The molecule has 9 heavy (non-hydrogen) atoms. The predicted octanol–water partition coefficient (Wildman–Crippen LogP) is 2.73. The Morgan fingerprint density at radius 2 is 2.11 bits per heavy atom. The number of halogens is 3. The molecule has 0 aliphatic rings. The highest BCUT2D eigenvalue weighted by Gasteiger charge is 2.02. The molecule has 0 heterocycles. The van der Waals surface area contributed by atoms with Gasteiger partial charge in [-0.25, -0.2) is 8.78 Å². The van der Waals surface area contributed by atoms with Gasteiger partial charge in [-0.2, -0.15) is 0 Å². The van der Waals surface area contributed by atoms with Crippen LogP contribution in [0, 0.1) is 11.6 Å². The molecule has 1 rings (SSSR count). The molecule has 0 fully saturated rings. The third-order valence-corrected chi connectivity index (χ3v) is 1.28. The first-order valence-corrected chi connectivity index (χ1v) is 2.86. The molecule has 1 aromatic rings. The predicted molar refractivity (Wildman–Crippen MR) is 34.1 cm³/mol. The van der Waals surface area contributed by atoms with E-state index < -0.39 is 34.2 Å². The van der Waals surface area contributed by atoms with Crippen LogP contribution >= 0.6 is 15.9 Å². The number of hydrogen-bond donors (Lipinski definition) is 0. The topological polar surface area (TPSA) is 0 Å². The van der Waals surface area contributed by atoms with Crippen LogP contribution in [0.1, 0.15) is 4.11 Å². The third-order valence-electron chi connectivity index (χ3n) is 0.730. The molecular weight excluding hydrogens is 190 g/mol. The molecule has 0 saturated carbocycles. The Labute approximate surface area is 63.8 Å². The Morgan fingerprint density at radius 1 is 1.44 bits per heavy atom. The highest BCUT2D eigenvalue weighted by atomic mass is 79.9. The monoisotopic (exact) mass is 195 g/mol. The maximum Gasteiger partial charge on any atom is 0.172 e. The molecule has 0 nitrogen and oxygen atoms in total. The van der Waals surface area contributed by atoms with Gasteiger partial charge in [0, 0.05) is 0 Å². The van der Waals surface area contributed by atoms with Gasteiger partial charge in [-0.3, -0.25) is 0 Å². The molecule has 0 radical (unpaired) electrons. The molecule has 0 aliphatic heterocycles. The summed E-state index contributed by atoms with van der Waals surface area (Å²) in [5, 5.41) is 0. The Balaban J connectivity index is 3.60. The summed E-state index contributed by atoms with van der Waals surface area (Å²) in [5.41, 5.74) is 0. The number of rotatable bonds is 0. The van der Waals surface area contributed by atoms with E-state index >= 15 is 0 Å². The first-order chi connectivity index (χ1) is 5.46. The van der Waals surface area contributed by atoms with Gasteiger partial charge in [0.2, 0.25) is 0 Å². The van der Waals surface area contributed by atoms with E-state index in [2.05, 4.69) is 15.9 Å². The van der Waals surface area contributed by atoms with E-state index in [9.17, 15) is 8.78 Å². The van der Waals surface area contributed by atoms with Crippen LogP contribution < -0.4 is 0 Å². The van der Waals surface area contributed by atoms with Gasteiger partial charge in [-0.15, -0.1) is 0 Å². The van der Waals surface area contributed by atoms with E-state index in [1.165, 1.54) is 0 Å². The molecule has 48 valence electrons. The smallest absolute Gasteiger partial charge is 0.172 e. The van der Waals surface area contributed by atoms with Gasteiger partial charge in [-0.05, 0) is 28.0 Å². The second kappa shape index (κ2) is 2.43. The van der Waals surface area contributed by atoms with Crippen LogP contribution in [-0.2, 0) is 0 Å². The normalized spacial score (nSPS) is 14.3. The summed E-state index contributed by atoms with van der Waals surface area (Å²) in [4.78, 5) is 0. The maximum absolute atomic E-state index is 12.7. The van der Waals surface area contributed by atoms with Crippen LogP contribution in [0.2, 0.25) is 0 Å². The molecule has 1 aromatic carbocycles. The van der Waals surface area contributed by atoms with Crippen molar-refractivity contribution in [2.24, 2.45) is 0 Å². The van der Waals surface area contributed by atoms with Gasteiger partial charge in [-0.1, -0.05) is 6.04 Å². The lowest BCUT2D eigenvalue weighted by Gasteiger charge is -1.91. The molecule has 0 aliphatic carbocycles. The minimum Gasteiger partial charge on any atom is -0.204 e. The van der Waals surface area contributed by atoms with Crippen molar-refractivity contribution in [2.45, 2.75) is 0 Å². The quantitative estimate of drug-likeness (QED) is 0.559. The van der Waals surface area contributed by atoms with Crippen molar-refractivity contribution < 1.29 is 12.9 Å². The first-order valence-electron chi connectivity index (χ1n) is 3.57. The van der Waals surface area contributed by atoms with Crippen LogP contribution in [0.3, 0.4) is 0 Å². The average molecular weight is 196 g/mol. The molecule has 0 spiro atoms. The summed E-state index contributed by atoms with van der Waals surface area (Å²) < 4.78 is 45.9. The largest absolute Gasteiger partial charge is 0.204 e. The lowest BCUT2D eigenvalue weighted by molar-refractivity contribution is 0.504. The molecule has 3 heteroatoms. The molecule has 0 atom stereocenters. The van der Waals surface area contributed by atoms with E-state index in [0.29, 0.717) is 0 Å². The molecule has 0 unspecified atom stereocenters. The lowest BCUT2D eigenvalue weighted by Crippen LogP contribution is -1.81. The molecular formula is C6H3BrF2. The average Bonchev–Trinajstić information content (AvgIpc) is 2.08. The Kier molecular flexibility index (Phi) is 0.990. The molecule has 0 N–H and O–H groups in total. The van der Waals surface area contributed by atoms with Crippen LogP contribution in [0.5, 0.6) is 0 Å². The summed E-state index contributed by atoms with van der Waals surface area (Å²) in [6.45, 7) is 0. The van der Waals surface area contributed by atoms with E-state index in [-0.39, 0.29) is 0 Å². The van der Waals surface area contributed by atoms with E-state index in [0.717, 1.165) is 0 Å². The fourth-order valence-electron chi connectivity index (χ4n) is 0.347. The first kappa shape index (κ1) is 3.66. The second-order valence-corrected chi connectivity index (χ2v) is 2.11. The minimum atomic E-state index is -1.40. The van der Waals surface area contributed by atoms with Gasteiger partial charge in [0.15, 0.2) is 11.6 Å². The van der Waals surface area contributed by atoms with Crippen molar-refractivity contribution in [2.75, 3.05) is 0 Å². The molecule has 0 bridgehead atoms.